The van der Waals surface area contributed by atoms with Gasteiger partial charge in [0.2, 0.25) is 0 Å². The average molecular weight is 387 g/mol. The quantitative estimate of drug-likeness (QED) is 0.459. The zero-order chi connectivity index (χ0) is 8.36. The molecule has 0 unspecified atom stereocenters. The largest absolute Gasteiger partial charge is 0.480 e. The summed E-state index contributed by atoms with van der Waals surface area (Å²) in [4.78, 5) is 10.6. The predicted molar refractivity (Wildman–Crippen MR) is 59.2 cm³/mol. The van der Waals surface area contributed by atoms with Gasteiger partial charge in [0, 0.05) is 53.2 Å². The van der Waals surface area contributed by atoms with Crippen LogP contribution in [0.25, 0.3) is 0 Å². The number of carbonyl (C=O) groups is 1. The van der Waals surface area contributed by atoms with Gasteiger partial charge in [-0.1, -0.05) is 0 Å². The van der Waals surface area contributed by atoms with Crippen molar-refractivity contribution in [2.24, 2.45) is 0 Å². The molecule has 60 valence electrons. The van der Waals surface area contributed by atoms with E-state index in [1.165, 1.54) is 9.12 Å². The van der Waals surface area contributed by atoms with Crippen molar-refractivity contribution >= 4 is 59.2 Å². The number of nitrogens with zero attached hydrogens (tertiary/aromatic N) is 1. The zero-order valence-electron chi connectivity index (χ0n) is 5.47. The molecule has 0 aromatic carbocycles. The van der Waals surface area contributed by atoms with Gasteiger partial charge in [-0.3, -0.25) is 4.79 Å². The molecule has 0 heterocycles. The standard InChI is InChI=1S/C4H7I2NO2S/c1-4(2,3(8)9)7(5)10-6/h1-2H3,(H,8,9). The van der Waals surface area contributed by atoms with Crippen LogP contribution in [-0.2, 0) is 4.79 Å². The highest BCUT2D eigenvalue weighted by atomic mass is 127. The second kappa shape index (κ2) is 4.31. The van der Waals surface area contributed by atoms with Crippen LogP contribution in [0.2, 0.25) is 0 Å². The fraction of sp³-hybridized carbons (Fsp3) is 0.750. The lowest BCUT2D eigenvalue weighted by molar-refractivity contribution is -0.143. The molecule has 0 aromatic heterocycles. The minimum Gasteiger partial charge on any atom is -0.480 e. The molecule has 0 aromatic rings. The molecule has 10 heavy (non-hydrogen) atoms. The Kier molecular flexibility index (Phi) is 4.85. The van der Waals surface area contributed by atoms with E-state index < -0.39 is 11.5 Å². The van der Waals surface area contributed by atoms with Crippen molar-refractivity contribution in [3.8, 4) is 0 Å². The monoisotopic (exact) mass is 387 g/mol. The number of carboxylic acids is 1. The number of aliphatic carboxylic acids is 1. The molecule has 0 spiro atoms. The Morgan fingerprint density at radius 3 is 2.20 bits per heavy atom. The third kappa shape index (κ3) is 2.70. The maximum Gasteiger partial charge on any atom is 0.325 e. The topological polar surface area (TPSA) is 40.5 Å². The van der Waals surface area contributed by atoms with Crippen LogP contribution in [0.5, 0.6) is 0 Å². The molecule has 0 saturated carbocycles. The maximum absolute atomic E-state index is 10.6. The Bertz CT molecular complexity index is 141. The van der Waals surface area contributed by atoms with Crippen molar-refractivity contribution < 1.29 is 9.90 Å². The van der Waals surface area contributed by atoms with Crippen LogP contribution in [0, 0.1) is 0 Å². The molecule has 1 N–H and O–H groups in total. The van der Waals surface area contributed by atoms with Crippen molar-refractivity contribution in [2.45, 2.75) is 19.4 Å². The van der Waals surface area contributed by atoms with Crippen LogP contribution in [0.4, 0.5) is 0 Å². The lowest BCUT2D eigenvalue weighted by Gasteiger charge is -2.25. The first-order valence-electron chi connectivity index (χ1n) is 2.41. The summed E-state index contributed by atoms with van der Waals surface area (Å²) >= 11 is 4.02. The van der Waals surface area contributed by atoms with E-state index in [0.717, 1.165) is 0 Å². The van der Waals surface area contributed by atoms with Crippen LogP contribution >= 0.6 is 53.2 Å². The molecule has 0 amide bonds. The number of hydrogen-bond acceptors (Lipinski definition) is 3. The number of carboxylic acid groups (broad SMARTS) is 1. The number of hydrogen-bond donors (Lipinski definition) is 1. The SMILES string of the molecule is CC(C)(C(=O)O)N(I)SI. The summed E-state index contributed by atoms with van der Waals surface area (Å²) < 4.78 is 1.66. The summed E-state index contributed by atoms with van der Waals surface area (Å²) in [7, 11) is 1.37. The second-order valence-corrected chi connectivity index (χ2v) is 5.48. The fourth-order valence-corrected chi connectivity index (χ4v) is 2.10. The van der Waals surface area contributed by atoms with E-state index in [9.17, 15) is 4.79 Å². The summed E-state index contributed by atoms with van der Waals surface area (Å²) in [6.07, 6.45) is 0. The van der Waals surface area contributed by atoms with Gasteiger partial charge in [0.05, 0.1) is 0 Å². The lowest BCUT2D eigenvalue weighted by Crippen LogP contribution is -2.40. The summed E-state index contributed by atoms with van der Waals surface area (Å²) in [6, 6.07) is 0. The van der Waals surface area contributed by atoms with Gasteiger partial charge >= 0.3 is 5.97 Å². The molecule has 6 heteroatoms. The summed E-state index contributed by atoms with van der Waals surface area (Å²) in [5.41, 5.74) is -0.799. The number of halogens is 2. The third-order valence-corrected chi connectivity index (χ3v) is 6.84. The van der Waals surface area contributed by atoms with E-state index >= 15 is 0 Å². The van der Waals surface area contributed by atoms with Gasteiger partial charge in [0.1, 0.15) is 5.54 Å². The van der Waals surface area contributed by atoms with E-state index in [1.54, 1.807) is 16.4 Å². The molecule has 0 aliphatic rings. The van der Waals surface area contributed by atoms with E-state index in [-0.39, 0.29) is 0 Å². The van der Waals surface area contributed by atoms with Gasteiger partial charge in [-0.05, 0) is 13.8 Å². The highest BCUT2D eigenvalue weighted by molar-refractivity contribution is 14.2. The highest BCUT2D eigenvalue weighted by Crippen LogP contribution is 2.32. The van der Waals surface area contributed by atoms with Crippen molar-refractivity contribution in [1.82, 2.24) is 2.52 Å². The predicted octanol–water partition coefficient (Wildman–Crippen LogP) is 2.50. The first kappa shape index (κ1) is 11.2. The zero-order valence-corrected chi connectivity index (χ0v) is 10.6. The van der Waals surface area contributed by atoms with Crippen molar-refractivity contribution in [3.63, 3.8) is 0 Å². The van der Waals surface area contributed by atoms with Gasteiger partial charge in [0.15, 0.2) is 0 Å². The van der Waals surface area contributed by atoms with Crippen molar-refractivity contribution in [1.29, 1.82) is 0 Å². The Hall–Kier alpha value is 1.24. The summed E-state index contributed by atoms with van der Waals surface area (Å²) in [5.74, 6) is -0.814. The van der Waals surface area contributed by atoms with Gasteiger partial charge in [-0.2, -0.15) is 2.52 Å². The molecule has 0 aliphatic carbocycles. The fourth-order valence-electron chi connectivity index (χ4n) is 0.161. The van der Waals surface area contributed by atoms with E-state index in [4.69, 9.17) is 5.11 Å². The molecular weight excluding hydrogens is 380 g/mol. The van der Waals surface area contributed by atoms with Gasteiger partial charge in [0.25, 0.3) is 0 Å². The minimum atomic E-state index is -0.814. The molecule has 0 atom stereocenters. The Morgan fingerprint density at radius 2 is 2.10 bits per heavy atom. The first-order chi connectivity index (χ1) is 4.42. The Morgan fingerprint density at radius 1 is 1.70 bits per heavy atom. The van der Waals surface area contributed by atoms with Gasteiger partial charge in [-0.25, -0.2) is 0 Å². The highest BCUT2D eigenvalue weighted by Gasteiger charge is 2.33. The summed E-state index contributed by atoms with van der Waals surface area (Å²) in [6.45, 7) is 3.32. The average Bonchev–Trinajstić information content (AvgIpc) is 1.86. The van der Waals surface area contributed by atoms with E-state index in [1.807, 2.05) is 44.1 Å². The molecule has 0 rings (SSSR count). The van der Waals surface area contributed by atoms with Gasteiger partial charge in [-0.15, -0.1) is 0 Å². The van der Waals surface area contributed by atoms with Gasteiger partial charge < -0.3 is 5.11 Å². The maximum atomic E-state index is 10.6. The van der Waals surface area contributed by atoms with Crippen molar-refractivity contribution in [2.75, 3.05) is 0 Å². The Labute approximate surface area is 90.1 Å². The Balaban J connectivity index is 4.23. The molecule has 0 saturated heterocycles. The lowest BCUT2D eigenvalue weighted by atomic mass is 10.1. The molecule has 0 aliphatic heterocycles. The van der Waals surface area contributed by atoms with Crippen LogP contribution in [-0.4, -0.2) is 19.1 Å². The summed E-state index contributed by atoms with van der Waals surface area (Å²) in [5, 5.41) is 8.68. The normalized spacial score (nSPS) is 12.1. The van der Waals surface area contributed by atoms with Crippen LogP contribution in [0.15, 0.2) is 0 Å². The third-order valence-electron chi connectivity index (χ3n) is 1.02. The van der Waals surface area contributed by atoms with Crippen LogP contribution in [0.3, 0.4) is 0 Å². The first-order valence-corrected chi connectivity index (χ1v) is 6.69. The minimum absolute atomic E-state index is 0.799. The van der Waals surface area contributed by atoms with E-state index in [0.29, 0.717) is 0 Å². The molecular formula is C4H7I2NO2S. The molecule has 0 radical (unpaired) electrons. The molecule has 3 nitrogen and oxygen atoms in total. The second-order valence-electron chi connectivity index (χ2n) is 2.18. The smallest absolute Gasteiger partial charge is 0.325 e. The molecule has 0 bridgehead atoms. The molecule has 0 fully saturated rings. The van der Waals surface area contributed by atoms with Crippen LogP contribution < -0.4 is 0 Å². The van der Waals surface area contributed by atoms with Crippen molar-refractivity contribution in [3.05, 3.63) is 0 Å². The van der Waals surface area contributed by atoms with Crippen LogP contribution in [0.1, 0.15) is 13.8 Å². The van der Waals surface area contributed by atoms with E-state index in [2.05, 4.69) is 0 Å². The number of rotatable bonds is 3.